The highest BCUT2D eigenvalue weighted by Gasteiger charge is 2.16. The standard InChI is InChI=1S/C18H22N4O3S2/c1-12-4-6-13(7-5-12)20-17(24)18-22-21-16(27-18)11-26-10-15(23)19-9-14-3-2-8-25-14/h4-7,14H,2-3,8-11H2,1H3,(H,19,23)(H,20,24)/t14-/m0/s1. The molecular weight excluding hydrogens is 384 g/mol. The average molecular weight is 407 g/mol. The van der Waals surface area contributed by atoms with Gasteiger partial charge in [-0.15, -0.1) is 22.0 Å². The van der Waals surface area contributed by atoms with Gasteiger partial charge in [-0.1, -0.05) is 29.0 Å². The van der Waals surface area contributed by atoms with Gasteiger partial charge in [0.2, 0.25) is 10.9 Å². The molecule has 1 aliphatic rings. The van der Waals surface area contributed by atoms with Crippen molar-refractivity contribution < 1.29 is 14.3 Å². The molecule has 1 aromatic heterocycles. The first-order valence-corrected chi connectivity index (χ1v) is 10.7. The summed E-state index contributed by atoms with van der Waals surface area (Å²) in [5, 5.41) is 14.7. The number of hydrogen-bond donors (Lipinski definition) is 2. The Kier molecular flexibility index (Phi) is 7.19. The fourth-order valence-corrected chi connectivity index (χ4v) is 4.18. The van der Waals surface area contributed by atoms with Crippen LogP contribution in [0.15, 0.2) is 24.3 Å². The third kappa shape index (κ3) is 6.30. The number of anilines is 1. The van der Waals surface area contributed by atoms with Crippen molar-refractivity contribution in [3.63, 3.8) is 0 Å². The molecule has 1 aromatic carbocycles. The number of carbonyl (C=O) groups excluding carboxylic acids is 2. The fraction of sp³-hybridized carbons (Fsp3) is 0.444. The quantitative estimate of drug-likeness (QED) is 0.700. The molecule has 0 aliphatic carbocycles. The lowest BCUT2D eigenvalue weighted by molar-refractivity contribution is -0.119. The normalized spacial score (nSPS) is 16.3. The van der Waals surface area contributed by atoms with E-state index in [4.69, 9.17) is 4.74 Å². The molecule has 27 heavy (non-hydrogen) atoms. The summed E-state index contributed by atoms with van der Waals surface area (Å²) < 4.78 is 5.47. The molecule has 0 unspecified atom stereocenters. The Hall–Kier alpha value is -1.97. The lowest BCUT2D eigenvalue weighted by Crippen LogP contribution is -2.32. The van der Waals surface area contributed by atoms with E-state index in [0.29, 0.717) is 23.1 Å². The molecular formula is C18H22N4O3S2. The van der Waals surface area contributed by atoms with Gasteiger partial charge in [0, 0.05) is 24.6 Å². The van der Waals surface area contributed by atoms with E-state index in [9.17, 15) is 9.59 Å². The van der Waals surface area contributed by atoms with Crippen LogP contribution in [0.25, 0.3) is 0 Å². The molecule has 2 amide bonds. The Morgan fingerprint density at radius 3 is 2.85 bits per heavy atom. The Balaban J connectivity index is 1.38. The highest BCUT2D eigenvalue weighted by Crippen LogP contribution is 2.18. The van der Waals surface area contributed by atoms with E-state index < -0.39 is 0 Å². The monoisotopic (exact) mass is 406 g/mol. The van der Waals surface area contributed by atoms with Gasteiger partial charge in [-0.25, -0.2) is 0 Å². The van der Waals surface area contributed by atoms with Crippen LogP contribution in [0.5, 0.6) is 0 Å². The van der Waals surface area contributed by atoms with Crippen molar-refractivity contribution in [3.05, 3.63) is 39.8 Å². The van der Waals surface area contributed by atoms with Crippen LogP contribution in [-0.2, 0) is 15.3 Å². The summed E-state index contributed by atoms with van der Waals surface area (Å²) in [6.07, 6.45) is 2.22. The smallest absolute Gasteiger partial charge is 0.286 e. The zero-order valence-corrected chi connectivity index (χ0v) is 16.7. The van der Waals surface area contributed by atoms with Crippen molar-refractivity contribution in [2.45, 2.75) is 31.6 Å². The van der Waals surface area contributed by atoms with Crippen molar-refractivity contribution in [2.24, 2.45) is 0 Å². The molecule has 2 aromatic rings. The van der Waals surface area contributed by atoms with E-state index in [1.54, 1.807) is 0 Å². The summed E-state index contributed by atoms with van der Waals surface area (Å²) in [6.45, 7) is 3.34. The summed E-state index contributed by atoms with van der Waals surface area (Å²) in [5.41, 5.74) is 1.85. The van der Waals surface area contributed by atoms with Gasteiger partial charge in [-0.3, -0.25) is 9.59 Å². The molecule has 0 radical (unpaired) electrons. The molecule has 3 rings (SSSR count). The third-order valence-corrected chi connectivity index (χ3v) is 6.03. The van der Waals surface area contributed by atoms with Crippen LogP contribution in [0.3, 0.4) is 0 Å². The lowest BCUT2D eigenvalue weighted by Gasteiger charge is -2.10. The number of hydrogen-bond acceptors (Lipinski definition) is 7. The van der Waals surface area contributed by atoms with Gasteiger partial charge in [0.1, 0.15) is 5.01 Å². The Bertz CT molecular complexity index is 773. The second-order valence-corrected chi connectivity index (χ2v) is 8.30. The zero-order valence-electron chi connectivity index (χ0n) is 15.1. The molecule has 144 valence electrons. The second-order valence-electron chi connectivity index (χ2n) is 6.25. The molecule has 1 atom stereocenters. The summed E-state index contributed by atoms with van der Waals surface area (Å²) in [5.74, 6) is 0.597. The van der Waals surface area contributed by atoms with E-state index in [1.807, 2.05) is 31.2 Å². The third-order valence-electron chi connectivity index (χ3n) is 3.98. The summed E-state index contributed by atoms with van der Waals surface area (Å²) in [7, 11) is 0. The number of nitrogens with one attached hydrogen (secondary N) is 2. The average Bonchev–Trinajstić information content (AvgIpc) is 3.34. The molecule has 0 bridgehead atoms. The number of benzene rings is 1. The van der Waals surface area contributed by atoms with Crippen LogP contribution < -0.4 is 10.6 Å². The van der Waals surface area contributed by atoms with E-state index in [2.05, 4.69) is 20.8 Å². The van der Waals surface area contributed by atoms with Gasteiger partial charge in [-0.05, 0) is 31.9 Å². The highest BCUT2D eigenvalue weighted by molar-refractivity contribution is 7.99. The lowest BCUT2D eigenvalue weighted by atomic mass is 10.2. The zero-order chi connectivity index (χ0) is 19.1. The largest absolute Gasteiger partial charge is 0.376 e. The minimum atomic E-state index is -0.276. The maximum Gasteiger partial charge on any atom is 0.286 e. The molecule has 1 saturated heterocycles. The number of carbonyl (C=O) groups is 2. The summed E-state index contributed by atoms with van der Waals surface area (Å²) in [6, 6.07) is 7.56. The predicted octanol–water partition coefficient (Wildman–Crippen LogP) is 2.63. The van der Waals surface area contributed by atoms with Gasteiger partial charge in [0.25, 0.3) is 5.91 Å². The highest BCUT2D eigenvalue weighted by atomic mass is 32.2. The molecule has 0 saturated carbocycles. The Morgan fingerprint density at radius 1 is 1.30 bits per heavy atom. The minimum Gasteiger partial charge on any atom is -0.376 e. The molecule has 0 spiro atoms. The van der Waals surface area contributed by atoms with Gasteiger partial charge in [-0.2, -0.15) is 0 Å². The Labute approximate surface area is 166 Å². The van der Waals surface area contributed by atoms with E-state index >= 15 is 0 Å². The van der Waals surface area contributed by atoms with Gasteiger partial charge in [0.15, 0.2) is 0 Å². The van der Waals surface area contributed by atoms with Gasteiger partial charge in [0.05, 0.1) is 11.9 Å². The number of aryl methyl sites for hydroxylation is 1. The van der Waals surface area contributed by atoms with Crippen molar-refractivity contribution in [1.29, 1.82) is 0 Å². The SMILES string of the molecule is Cc1ccc(NC(=O)c2nnc(CSCC(=O)NC[C@@H]3CCCO3)s2)cc1. The van der Waals surface area contributed by atoms with Crippen molar-refractivity contribution in [1.82, 2.24) is 15.5 Å². The number of ether oxygens (including phenoxy) is 1. The van der Waals surface area contributed by atoms with E-state index in [-0.39, 0.29) is 17.9 Å². The van der Waals surface area contributed by atoms with E-state index in [0.717, 1.165) is 35.7 Å². The molecule has 2 heterocycles. The molecule has 1 fully saturated rings. The number of nitrogens with zero attached hydrogens (tertiary/aromatic N) is 2. The van der Waals surface area contributed by atoms with Gasteiger partial charge < -0.3 is 15.4 Å². The fourth-order valence-electron chi connectivity index (χ4n) is 2.54. The van der Waals surface area contributed by atoms with Crippen LogP contribution in [0.4, 0.5) is 5.69 Å². The summed E-state index contributed by atoms with van der Waals surface area (Å²) >= 11 is 2.69. The van der Waals surface area contributed by atoms with Crippen LogP contribution in [-0.4, -0.2) is 47.0 Å². The molecule has 1 aliphatic heterocycles. The first-order valence-electron chi connectivity index (χ1n) is 8.76. The van der Waals surface area contributed by atoms with Gasteiger partial charge >= 0.3 is 0 Å². The number of rotatable bonds is 8. The molecule has 2 N–H and O–H groups in total. The van der Waals surface area contributed by atoms with Crippen LogP contribution in [0.2, 0.25) is 0 Å². The van der Waals surface area contributed by atoms with Crippen LogP contribution >= 0.6 is 23.1 Å². The van der Waals surface area contributed by atoms with E-state index in [1.165, 1.54) is 23.1 Å². The topological polar surface area (TPSA) is 93.2 Å². The Morgan fingerprint density at radius 2 is 2.11 bits per heavy atom. The maximum absolute atomic E-state index is 12.2. The number of aromatic nitrogens is 2. The van der Waals surface area contributed by atoms with Crippen LogP contribution in [0.1, 0.15) is 33.2 Å². The van der Waals surface area contributed by atoms with Crippen molar-refractivity contribution >= 4 is 40.6 Å². The second kappa shape index (κ2) is 9.82. The molecule has 9 heteroatoms. The van der Waals surface area contributed by atoms with Crippen LogP contribution in [0, 0.1) is 6.92 Å². The number of amides is 2. The maximum atomic E-state index is 12.2. The first-order chi connectivity index (χ1) is 13.1. The number of thioether (sulfide) groups is 1. The summed E-state index contributed by atoms with van der Waals surface area (Å²) in [4.78, 5) is 24.1. The minimum absolute atomic E-state index is 0.0163. The predicted molar refractivity (Wildman–Crippen MR) is 107 cm³/mol. The van der Waals surface area contributed by atoms with Crippen molar-refractivity contribution in [3.8, 4) is 0 Å². The molecule has 7 nitrogen and oxygen atoms in total. The first kappa shape index (κ1) is 19.8. The van der Waals surface area contributed by atoms with Crippen molar-refractivity contribution in [2.75, 3.05) is 24.2 Å².